The molecule has 1 saturated carbocycles. The molecule has 2 heterocycles. The predicted octanol–water partition coefficient (Wildman–Crippen LogP) is 3.69. The molecular formula is C27H29F2N3O4. The van der Waals surface area contributed by atoms with E-state index in [0.29, 0.717) is 24.2 Å². The molecule has 2 aliphatic heterocycles. The minimum absolute atomic E-state index is 0.159. The quantitative estimate of drug-likeness (QED) is 0.633. The first kappa shape index (κ1) is 24.2. The van der Waals surface area contributed by atoms with Gasteiger partial charge in [0.2, 0.25) is 5.91 Å². The Morgan fingerprint density at radius 3 is 2.44 bits per heavy atom. The molecule has 9 heteroatoms. The van der Waals surface area contributed by atoms with E-state index in [4.69, 9.17) is 4.74 Å². The van der Waals surface area contributed by atoms with Crippen LogP contribution in [0.5, 0.6) is 0 Å². The maximum Gasteiger partial charge on any atom is 0.410 e. The number of halogens is 2. The first-order valence-electron chi connectivity index (χ1n) is 12.4. The minimum atomic E-state index is -1.37. The molecule has 190 valence electrons. The Labute approximate surface area is 208 Å². The highest BCUT2D eigenvalue weighted by Crippen LogP contribution is 2.42. The summed E-state index contributed by atoms with van der Waals surface area (Å²) < 4.78 is 34.3. The molecule has 1 aliphatic carbocycles. The van der Waals surface area contributed by atoms with Gasteiger partial charge in [0, 0.05) is 19.5 Å². The molecule has 3 amide bonds. The number of hydrogen-bond acceptors (Lipinski definition) is 4. The lowest BCUT2D eigenvalue weighted by atomic mass is 9.96. The van der Waals surface area contributed by atoms with Crippen molar-refractivity contribution in [3.63, 3.8) is 0 Å². The van der Waals surface area contributed by atoms with Crippen molar-refractivity contribution in [2.24, 2.45) is 0 Å². The monoisotopic (exact) mass is 497 g/mol. The lowest BCUT2D eigenvalue weighted by molar-refractivity contribution is -0.141. The van der Waals surface area contributed by atoms with Gasteiger partial charge in [-0.1, -0.05) is 42.5 Å². The number of ether oxygens (including phenoxy) is 1. The zero-order valence-electron chi connectivity index (χ0n) is 19.9. The number of hydrogen-bond donors (Lipinski definition) is 1. The molecule has 2 aromatic carbocycles. The van der Waals surface area contributed by atoms with Gasteiger partial charge in [0.05, 0.1) is 12.6 Å². The third-order valence-corrected chi connectivity index (χ3v) is 7.10. The van der Waals surface area contributed by atoms with E-state index in [0.717, 1.165) is 29.7 Å². The number of alkyl halides is 1. The van der Waals surface area contributed by atoms with Gasteiger partial charge in [-0.3, -0.25) is 9.59 Å². The molecule has 0 spiro atoms. The molecule has 0 radical (unpaired) electrons. The first-order chi connectivity index (χ1) is 17.4. The van der Waals surface area contributed by atoms with E-state index in [1.807, 2.05) is 30.3 Å². The molecule has 36 heavy (non-hydrogen) atoms. The Morgan fingerprint density at radius 2 is 1.81 bits per heavy atom. The lowest BCUT2D eigenvalue weighted by Gasteiger charge is -2.30. The van der Waals surface area contributed by atoms with Gasteiger partial charge in [0.25, 0.3) is 5.91 Å². The fourth-order valence-corrected chi connectivity index (χ4v) is 4.80. The molecule has 3 fully saturated rings. The van der Waals surface area contributed by atoms with Crippen LogP contribution in [0.25, 0.3) is 0 Å². The van der Waals surface area contributed by atoms with E-state index in [1.54, 1.807) is 12.1 Å². The molecule has 3 aliphatic rings. The first-order valence-corrected chi connectivity index (χ1v) is 12.4. The van der Waals surface area contributed by atoms with E-state index < -0.39 is 42.8 Å². The highest BCUT2D eigenvalue weighted by molar-refractivity contribution is 5.90. The maximum absolute atomic E-state index is 14.9. The van der Waals surface area contributed by atoms with E-state index in [2.05, 4.69) is 5.32 Å². The van der Waals surface area contributed by atoms with Crippen molar-refractivity contribution in [2.45, 2.75) is 49.9 Å². The molecule has 3 atom stereocenters. The van der Waals surface area contributed by atoms with Crippen LogP contribution in [0.15, 0.2) is 48.5 Å². The van der Waals surface area contributed by atoms with Crippen LogP contribution in [0.3, 0.4) is 0 Å². The second-order valence-corrected chi connectivity index (χ2v) is 9.70. The number of likely N-dealkylation sites (tertiary alicyclic amines) is 2. The molecule has 7 nitrogen and oxygen atoms in total. The van der Waals surface area contributed by atoms with Crippen molar-refractivity contribution >= 4 is 17.9 Å². The zero-order chi connectivity index (χ0) is 25.2. The van der Waals surface area contributed by atoms with Gasteiger partial charge < -0.3 is 19.9 Å². The Hall–Kier alpha value is -3.49. The molecule has 5 rings (SSSR count). The number of carbonyl (C=O) groups is 3. The summed E-state index contributed by atoms with van der Waals surface area (Å²) in [5.74, 6) is -1.23. The molecule has 3 unspecified atom stereocenters. The number of benzene rings is 2. The van der Waals surface area contributed by atoms with E-state index in [-0.39, 0.29) is 24.7 Å². The molecule has 0 bridgehead atoms. The van der Waals surface area contributed by atoms with Crippen LogP contribution in [-0.4, -0.2) is 66.2 Å². The number of nitrogens with zero attached hydrogens (tertiary/aromatic N) is 2. The average Bonchev–Trinajstić information content (AvgIpc) is 3.60. The van der Waals surface area contributed by atoms with Crippen LogP contribution in [0, 0.1) is 5.82 Å². The number of nitrogens with one attached hydrogen (secondary N) is 1. The largest absolute Gasteiger partial charge is 0.439 e. The Bertz CT molecular complexity index is 1140. The SMILES string of the molecule is O=C(NC(c1ccccc1)c1ccc(C2CC2)c(F)c1)C1CC(F)CN1C(=O)COC(=O)N1CCC1. The molecule has 0 aromatic heterocycles. The summed E-state index contributed by atoms with van der Waals surface area (Å²) in [4.78, 5) is 40.6. The lowest BCUT2D eigenvalue weighted by Crippen LogP contribution is -2.49. The highest BCUT2D eigenvalue weighted by Gasteiger charge is 2.41. The summed E-state index contributed by atoms with van der Waals surface area (Å²) in [5.41, 5.74) is 1.98. The van der Waals surface area contributed by atoms with Crippen molar-refractivity contribution in [3.05, 3.63) is 71.0 Å². The Kier molecular flexibility index (Phi) is 6.89. The predicted molar refractivity (Wildman–Crippen MR) is 127 cm³/mol. The summed E-state index contributed by atoms with van der Waals surface area (Å²) in [6, 6.07) is 12.4. The fraction of sp³-hybridized carbons (Fsp3) is 0.444. The normalized spacial score (nSPS) is 22.1. The summed E-state index contributed by atoms with van der Waals surface area (Å²) in [6.45, 7) is 0.357. The molecule has 1 N–H and O–H groups in total. The van der Waals surface area contributed by atoms with Crippen LogP contribution in [0.2, 0.25) is 0 Å². The summed E-state index contributed by atoms with van der Waals surface area (Å²) in [5, 5.41) is 2.91. The van der Waals surface area contributed by atoms with E-state index >= 15 is 0 Å². The number of carbonyl (C=O) groups excluding carboxylic acids is 3. The van der Waals surface area contributed by atoms with Crippen molar-refractivity contribution in [1.82, 2.24) is 15.1 Å². The minimum Gasteiger partial charge on any atom is -0.439 e. The number of rotatable bonds is 7. The maximum atomic E-state index is 14.9. The van der Waals surface area contributed by atoms with Crippen LogP contribution in [0.1, 0.15) is 54.3 Å². The standard InChI is InChI=1S/C27H29F2N3O4/c28-20-14-23(32(15-20)24(33)16-36-27(35)31-11-4-12-31)26(34)30-25(18-5-2-1-3-6-18)19-9-10-21(17-7-8-17)22(29)13-19/h1-3,5-6,9-10,13,17,20,23,25H,4,7-8,11-12,14-16H2,(H,30,34). The smallest absolute Gasteiger partial charge is 0.410 e. The van der Waals surface area contributed by atoms with Crippen LogP contribution < -0.4 is 5.32 Å². The summed E-state index contributed by atoms with van der Waals surface area (Å²) >= 11 is 0. The van der Waals surface area contributed by atoms with Gasteiger partial charge in [-0.05, 0) is 47.9 Å². The van der Waals surface area contributed by atoms with Gasteiger partial charge in [-0.25, -0.2) is 13.6 Å². The van der Waals surface area contributed by atoms with E-state index in [1.165, 1.54) is 11.0 Å². The topological polar surface area (TPSA) is 79.0 Å². The summed E-state index contributed by atoms with van der Waals surface area (Å²) in [6.07, 6.45) is 0.704. The molecular weight excluding hydrogens is 468 g/mol. The van der Waals surface area contributed by atoms with Crippen molar-refractivity contribution in [3.8, 4) is 0 Å². The summed E-state index contributed by atoms with van der Waals surface area (Å²) in [7, 11) is 0. The molecule has 2 saturated heterocycles. The van der Waals surface area contributed by atoms with Crippen molar-refractivity contribution in [1.29, 1.82) is 0 Å². The zero-order valence-corrected chi connectivity index (χ0v) is 19.9. The van der Waals surface area contributed by atoms with Crippen molar-refractivity contribution < 1.29 is 27.9 Å². The van der Waals surface area contributed by atoms with Gasteiger partial charge in [-0.15, -0.1) is 0 Å². The highest BCUT2D eigenvalue weighted by atomic mass is 19.1. The average molecular weight is 498 g/mol. The van der Waals surface area contributed by atoms with Crippen molar-refractivity contribution in [2.75, 3.05) is 26.2 Å². The third kappa shape index (κ3) is 5.20. The second kappa shape index (κ2) is 10.2. The van der Waals surface area contributed by atoms with Gasteiger partial charge >= 0.3 is 6.09 Å². The number of amides is 3. The van der Waals surface area contributed by atoms with Gasteiger partial charge in [0.1, 0.15) is 18.0 Å². The third-order valence-electron chi connectivity index (χ3n) is 7.10. The fourth-order valence-electron chi connectivity index (χ4n) is 4.80. The van der Waals surface area contributed by atoms with Crippen LogP contribution >= 0.6 is 0 Å². The van der Waals surface area contributed by atoms with E-state index in [9.17, 15) is 23.2 Å². The Morgan fingerprint density at radius 1 is 1.06 bits per heavy atom. The van der Waals surface area contributed by atoms with Gasteiger partial charge in [0.15, 0.2) is 6.61 Å². The van der Waals surface area contributed by atoms with Crippen LogP contribution in [0.4, 0.5) is 13.6 Å². The Balaban J connectivity index is 1.31. The van der Waals surface area contributed by atoms with Gasteiger partial charge in [-0.2, -0.15) is 0 Å². The second-order valence-electron chi connectivity index (χ2n) is 9.70. The van der Waals surface area contributed by atoms with Crippen LogP contribution in [-0.2, 0) is 14.3 Å². The molecule has 2 aromatic rings.